The smallest absolute Gasteiger partial charge is 0.410 e. The lowest BCUT2D eigenvalue weighted by molar-refractivity contribution is -0.0427. The largest absolute Gasteiger partial charge is 0.444 e. The maximum atomic E-state index is 12.8. The minimum absolute atomic E-state index is 0.319. The van der Waals surface area contributed by atoms with E-state index >= 15 is 0 Å². The van der Waals surface area contributed by atoms with Gasteiger partial charge in [0.1, 0.15) is 19.3 Å². The zero-order valence-corrected chi connectivity index (χ0v) is 19.4. The minimum atomic E-state index is -1.65. The summed E-state index contributed by atoms with van der Waals surface area (Å²) >= 11 is 0. The highest BCUT2D eigenvalue weighted by Gasteiger charge is 2.43. The molecule has 1 N–H and O–H groups in total. The first-order valence-corrected chi connectivity index (χ1v) is 13.8. The highest BCUT2D eigenvalue weighted by Crippen LogP contribution is 2.31. The summed E-state index contributed by atoms with van der Waals surface area (Å²) in [6.07, 6.45) is 8.81. The van der Waals surface area contributed by atoms with Crippen LogP contribution in [0.1, 0.15) is 66.2 Å². The predicted molar refractivity (Wildman–Crippen MR) is 115 cm³/mol. The van der Waals surface area contributed by atoms with Crippen LogP contribution in [0.5, 0.6) is 0 Å². The molecule has 0 unspecified atom stereocenters. The van der Waals surface area contributed by atoms with E-state index in [0.29, 0.717) is 13.0 Å². The number of ether oxygens (including phenoxy) is 1. The molecule has 154 valence electrons. The standard InChI is InChI=1S/C22H39NO3Si/c1-8-9-10-12-15-22(25,16-18-27(5,6)7)19-14-11-13-17-23(19)20(24)26-21(2,3)4/h9-10,19,25H,8,11-15,17H2,1-7H3/b10-9+/t19-,22-/m1/s1. The normalized spacial score (nSPS) is 20.7. The van der Waals surface area contributed by atoms with Crippen LogP contribution in [0.4, 0.5) is 4.79 Å². The Morgan fingerprint density at radius 3 is 2.48 bits per heavy atom. The Kier molecular flexibility index (Phi) is 8.63. The molecule has 1 saturated heterocycles. The first-order valence-electron chi connectivity index (χ1n) is 10.3. The Bertz CT molecular complexity index is 577. The van der Waals surface area contributed by atoms with Crippen LogP contribution in [0, 0.1) is 11.5 Å². The lowest BCUT2D eigenvalue weighted by Crippen LogP contribution is -2.57. The number of carbonyl (C=O) groups is 1. The molecule has 0 aromatic rings. The zero-order valence-electron chi connectivity index (χ0n) is 18.4. The fourth-order valence-corrected chi connectivity index (χ4v) is 3.75. The number of piperidine rings is 1. The van der Waals surface area contributed by atoms with Crippen molar-refractivity contribution in [2.45, 2.75) is 103 Å². The topological polar surface area (TPSA) is 49.8 Å². The fourth-order valence-electron chi connectivity index (χ4n) is 3.16. The molecule has 1 aliphatic rings. The predicted octanol–water partition coefficient (Wildman–Crippen LogP) is 5.13. The Labute approximate surface area is 167 Å². The van der Waals surface area contributed by atoms with Crippen molar-refractivity contribution in [2.75, 3.05) is 6.54 Å². The van der Waals surface area contributed by atoms with E-state index in [1.165, 1.54) is 0 Å². The Morgan fingerprint density at radius 2 is 1.93 bits per heavy atom. The highest BCUT2D eigenvalue weighted by atomic mass is 28.3. The fraction of sp³-hybridized carbons (Fsp3) is 0.773. The summed E-state index contributed by atoms with van der Waals surface area (Å²) in [5.74, 6) is 3.21. The van der Waals surface area contributed by atoms with Crippen molar-refractivity contribution in [3.05, 3.63) is 12.2 Å². The Balaban J connectivity index is 3.15. The molecule has 0 radical (unpaired) electrons. The minimum Gasteiger partial charge on any atom is -0.444 e. The van der Waals surface area contributed by atoms with Gasteiger partial charge in [-0.2, -0.15) is 0 Å². The average molecular weight is 394 g/mol. The van der Waals surface area contributed by atoms with E-state index in [1.807, 2.05) is 20.8 Å². The quantitative estimate of drug-likeness (QED) is 0.400. The van der Waals surface area contributed by atoms with Gasteiger partial charge in [-0.25, -0.2) is 4.79 Å². The summed E-state index contributed by atoms with van der Waals surface area (Å²) in [5, 5.41) is 11.6. The molecule has 1 heterocycles. The van der Waals surface area contributed by atoms with Crippen molar-refractivity contribution >= 4 is 14.2 Å². The second-order valence-corrected chi connectivity index (χ2v) is 14.3. The first-order chi connectivity index (χ1) is 12.4. The monoisotopic (exact) mass is 393 g/mol. The zero-order chi connectivity index (χ0) is 20.7. The number of allylic oxidation sites excluding steroid dienone is 2. The summed E-state index contributed by atoms with van der Waals surface area (Å²) in [6.45, 7) is 14.8. The molecule has 0 saturated carbocycles. The van der Waals surface area contributed by atoms with Gasteiger partial charge in [0.05, 0.1) is 6.04 Å². The van der Waals surface area contributed by atoms with E-state index in [1.54, 1.807) is 4.90 Å². The number of hydrogen-bond acceptors (Lipinski definition) is 3. The van der Waals surface area contributed by atoms with Crippen molar-refractivity contribution in [3.8, 4) is 11.5 Å². The van der Waals surface area contributed by atoms with E-state index < -0.39 is 19.3 Å². The van der Waals surface area contributed by atoms with E-state index in [0.717, 1.165) is 32.1 Å². The van der Waals surface area contributed by atoms with Crippen molar-refractivity contribution < 1.29 is 14.6 Å². The molecule has 1 aliphatic heterocycles. The van der Waals surface area contributed by atoms with Gasteiger partial charge in [-0.3, -0.25) is 0 Å². The number of amides is 1. The van der Waals surface area contributed by atoms with Crippen LogP contribution in [-0.4, -0.2) is 48.0 Å². The van der Waals surface area contributed by atoms with Crippen molar-refractivity contribution in [2.24, 2.45) is 0 Å². The van der Waals surface area contributed by atoms with Gasteiger partial charge in [0, 0.05) is 6.54 Å². The number of likely N-dealkylation sites (tertiary alicyclic amines) is 1. The lowest BCUT2D eigenvalue weighted by atomic mass is 9.83. The summed E-state index contributed by atoms with van der Waals surface area (Å²) in [4.78, 5) is 14.5. The summed E-state index contributed by atoms with van der Waals surface area (Å²) in [7, 11) is -1.65. The van der Waals surface area contributed by atoms with Gasteiger partial charge in [0.15, 0.2) is 0 Å². The molecule has 1 rings (SSSR count). The van der Waals surface area contributed by atoms with Gasteiger partial charge in [0.25, 0.3) is 0 Å². The third-order valence-corrected chi connectivity index (χ3v) is 5.31. The van der Waals surface area contributed by atoms with Crippen LogP contribution in [0.25, 0.3) is 0 Å². The van der Waals surface area contributed by atoms with Crippen LogP contribution >= 0.6 is 0 Å². The van der Waals surface area contributed by atoms with Gasteiger partial charge in [-0.15, -0.1) is 5.54 Å². The molecule has 0 aliphatic carbocycles. The molecule has 0 bridgehead atoms. The second-order valence-electron chi connectivity index (χ2n) is 9.53. The van der Waals surface area contributed by atoms with Crippen molar-refractivity contribution in [1.82, 2.24) is 4.90 Å². The van der Waals surface area contributed by atoms with Crippen LogP contribution < -0.4 is 0 Å². The van der Waals surface area contributed by atoms with E-state index in [9.17, 15) is 9.90 Å². The van der Waals surface area contributed by atoms with Gasteiger partial charge >= 0.3 is 6.09 Å². The van der Waals surface area contributed by atoms with Crippen molar-refractivity contribution in [3.63, 3.8) is 0 Å². The van der Waals surface area contributed by atoms with Crippen LogP contribution in [0.3, 0.4) is 0 Å². The van der Waals surface area contributed by atoms with E-state index in [4.69, 9.17) is 4.74 Å². The number of carbonyl (C=O) groups excluding carboxylic acids is 1. The molecule has 0 aromatic heterocycles. The molecule has 4 nitrogen and oxygen atoms in total. The van der Waals surface area contributed by atoms with Crippen molar-refractivity contribution in [1.29, 1.82) is 0 Å². The number of hydrogen-bond donors (Lipinski definition) is 1. The van der Waals surface area contributed by atoms with Crippen LogP contribution in [0.2, 0.25) is 19.6 Å². The number of nitrogens with zero attached hydrogens (tertiary/aromatic N) is 1. The Morgan fingerprint density at radius 1 is 1.26 bits per heavy atom. The molecule has 5 heteroatoms. The molecule has 1 amide bonds. The molecule has 1 fully saturated rings. The maximum absolute atomic E-state index is 12.8. The van der Waals surface area contributed by atoms with Gasteiger partial charge in [-0.05, 0) is 59.3 Å². The summed E-state index contributed by atoms with van der Waals surface area (Å²) in [6, 6.07) is -0.319. The third-order valence-electron chi connectivity index (χ3n) is 4.43. The van der Waals surface area contributed by atoms with Gasteiger partial charge < -0.3 is 14.7 Å². The highest BCUT2D eigenvalue weighted by molar-refractivity contribution is 6.83. The SMILES string of the molecule is CC/C=C/CC[C@@](O)(C#C[Si](C)(C)C)[C@H]1CCCCN1C(=O)OC(C)(C)C. The molecule has 2 atom stereocenters. The molecule has 0 aromatic carbocycles. The third kappa shape index (κ3) is 8.53. The van der Waals surface area contributed by atoms with Crippen LogP contribution in [0.15, 0.2) is 12.2 Å². The van der Waals surface area contributed by atoms with Gasteiger partial charge in [-0.1, -0.05) is 44.6 Å². The average Bonchev–Trinajstić information content (AvgIpc) is 2.55. The summed E-state index contributed by atoms with van der Waals surface area (Å²) < 4.78 is 5.61. The second kappa shape index (κ2) is 9.79. The number of rotatable bonds is 5. The number of aliphatic hydroxyl groups is 1. The molecular weight excluding hydrogens is 354 g/mol. The molecular formula is C22H39NO3Si. The van der Waals surface area contributed by atoms with Gasteiger partial charge in [0.2, 0.25) is 0 Å². The molecule has 27 heavy (non-hydrogen) atoms. The Hall–Kier alpha value is -1.25. The van der Waals surface area contributed by atoms with E-state index in [2.05, 4.69) is 50.2 Å². The molecule has 0 spiro atoms. The lowest BCUT2D eigenvalue weighted by Gasteiger charge is -2.43. The first kappa shape index (κ1) is 23.8. The van der Waals surface area contributed by atoms with Crippen LogP contribution in [-0.2, 0) is 4.74 Å². The summed E-state index contributed by atoms with van der Waals surface area (Å²) in [5.41, 5.74) is 1.60. The maximum Gasteiger partial charge on any atom is 0.410 e. The van der Waals surface area contributed by atoms with E-state index in [-0.39, 0.29) is 12.1 Å².